The molecule has 1 aromatic rings. The van der Waals surface area contributed by atoms with Crippen molar-refractivity contribution in [3.63, 3.8) is 0 Å². The fourth-order valence-corrected chi connectivity index (χ4v) is 3.19. The molecule has 7 nitrogen and oxygen atoms in total. The third-order valence-corrected chi connectivity index (χ3v) is 4.31. The molecule has 1 N–H and O–H groups in total. The molecular formula is C19H26N2O5. The van der Waals surface area contributed by atoms with E-state index in [1.165, 1.54) is 12.5 Å². The number of nitrogens with one attached hydrogen (secondary N) is 1. The highest BCUT2D eigenvalue weighted by Gasteiger charge is 2.51. The lowest BCUT2D eigenvalue weighted by Gasteiger charge is -2.36. The van der Waals surface area contributed by atoms with Crippen LogP contribution in [-0.2, 0) is 36.8 Å². The fraction of sp³-hybridized carbons (Fsp3) is 0.526. The van der Waals surface area contributed by atoms with E-state index in [2.05, 4.69) is 11.4 Å². The molecule has 0 aliphatic carbocycles. The molecule has 7 heteroatoms. The minimum Gasteiger partial charge on any atom is -0.464 e. The molecule has 0 spiro atoms. The Labute approximate surface area is 153 Å². The molecule has 2 rings (SSSR count). The summed E-state index contributed by atoms with van der Waals surface area (Å²) in [6.07, 6.45) is 0.804. The molecule has 1 aromatic carbocycles. The van der Waals surface area contributed by atoms with Gasteiger partial charge in [-0.25, -0.2) is 9.59 Å². The summed E-state index contributed by atoms with van der Waals surface area (Å²) in [5.74, 6) is -2.09. The molecular weight excluding hydrogens is 336 g/mol. The average Bonchev–Trinajstić information content (AvgIpc) is 2.61. The second-order valence-electron chi connectivity index (χ2n) is 6.26. The summed E-state index contributed by atoms with van der Waals surface area (Å²) in [5.41, 5.74) is 0.522. The van der Waals surface area contributed by atoms with Crippen LogP contribution in [0.1, 0.15) is 31.9 Å². The van der Waals surface area contributed by atoms with Gasteiger partial charge in [0, 0.05) is 26.6 Å². The van der Waals surface area contributed by atoms with Crippen LogP contribution >= 0.6 is 0 Å². The topological polar surface area (TPSA) is 84.9 Å². The third kappa shape index (κ3) is 4.40. The maximum absolute atomic E-state index is 12.7. The number of carbonyl (C=O) groups excluding carboxylic acids is 3. The van der Waals surface area contributed by atoms with Gasteiger partial charge in [-0.1, -0.05) is 24.3 Å². The molecule has 1 aliphatic rings. The third-order valence-electron chi connectivity index (χ3n) is 4.31. The standard InChI is InChI=1S/C19H26N2O5/c1-4-25-17(23)19(20-14(3)22,18(24)26-5-2)13-21-11-10-15-8-6-7-9-16(15)12-21/h6-9H,4-5,10-13H2,1-3H3,(H,20,22). The van der Waals surface area contributed by atoms with Crippen molar-refractivity contribution in [2.24, 2.45) is 0 Å². The summed E-state index contributed by atoms with van der Waals surface area (Å²) in [4.78, 5) is 39.1. The van der Waals surface area contributed by atoms with Crippen molar-refractivity contribution < 1.29 is 23.9 Å². The number of rotatable bonds is 7. The van der Waals surface area contributed by atoms with Crippen LogP contribution in [0.3, 0.4) is 0 Å². The van der Waals surface area contributed by atoms with Gasteiger partial charge in [-0.3, -0.25) is 9.69 Å². The van der Waals surface area contributed by atoms with Gasteiger partial charge >= 0.3 is 11.9 Å². The number of fused-ring (bicyclic) bond motifs is 1. The molecule has 0 radical (unpaired) electrons. The highest BCUT2D eigenvalue weighted by molar-refractivity contribution is 6.08. The van der Waals surface area contributed by atoms with E-state index in [0.29, 0.717) is 13.1 Å². The van der Waals surface area contributed by atoms with Gasteiger partial charge in [0.2, 0.25) is 11.4 Å². The number of nitrogens with zero attached hydrogens (tertiary/aromatic N) is 1. The van der Waals surface area contributed by atoms with Gasteiger partial charge in [0.05, 0.1) is 13.2 Å². The summed E-state index contributed by atoms with van der Waals surface area (Å²) in [7, 11) is 0. The first-order valence-electron chi connectivity index (χ1n) is 8.85. The van der Waals surface area contributed by atoms with Gasteiger partial charge < -0.3 is 14.8 Å². The maximum atomic E-state index is 12.7. The van der Waals surface area contributed by atoms with E-state index >= 15 is 0 Å². The predicted molar refractivity (Wildman–Crippen MR) is 95.2 cm³/mol. The molecule has 0 aromatic heterocycles. The summed E-state index contributed by atoms with van der Waals surface area (Å²) in [6, 6.07) is 8.05. The van der Waals surface area contributed by atoms with Gasteiger partial charge in [0.25, 0.3) is 0 Å². The molecule has 0 saturated carbocycles. The Balaban J connectivity index is 2.31. The van der Waals surface area contributed by atoms with Crippen LogP contribution in [0, 0.1) is 0 Å². The Morgan fingerprint density at radius 1 is 1.08 bits per heavy atom. The fourth-order valence-electron chi connectivity index (χ4n) is 3.19. The van der Waals surface area contributed by atoms with Crippen molar-refractivity contribution in [1.29, 1.82) is 0 Å². The number of hydrogen-bond donors (Lipinski definition) is 1. The van der Waals surface area contributed by atoms with E-state index in [1.54, 1.807) is 13.8 Å². The average molecular weight is 362 g/mol. The monoisotopic (exact) mass is 362 g/mol. The molecule has 0 saturated heterocycles. The summed E-state index contributed by atoms with van der Waals surface area (Å²) in [5, 5.41) is 2.50. The van der Waals surface area contributed by atoms with Crippen LogP contribution < -0.4 is 5.32 Å². The molecule has 0 unspecified atom stereocenters. The first kappa shape index (κ1) is 19.9. The minimum atomic E-state index is -1.87. The summed E-state index contributed by atoms with van der Waals surface area (Å²) < 4.78 is 10.2. The van der Waals surface area contributed by atoms with Crippen molar-refractivity contribution in [3.8, 4) is 0 Å². The normalized spacial score (nSPS) is 14.3. The molecule has 1 heterocycles. The summed E-state index contributed by atoms with van der Waals surface area (Å²) in [6.45, 7) is 6.01. The van der Waals surface area contributed by atoms with Gasteiger partial charge in [-0.15, -0.1) is 0 Å². The van der Waals surface area contributed by atoms with E-state index < -0.39 is 23.4 Å². The van der Waals surface area contributed by atoms with Crippen molar-refractivity contribution in [2.75, 3.05) is 26.3 Å². The Bertz CT molecular complexity index is 656. The number of amides is 1. The van der Waals surface area contributed by atoms with E-state index in [-0.39, 0.29) is 19.8 Å². The lowest BCUT2D eigenvalue weighted by atomic mass is 9.94. The van der Waals surface area contributed by atoms with E-state index in [4.69, 9.17) is 9.47 Å². The largest absolute Gasteiger partial charge is 0.464 e. The van der Waals surface area contributed by atoms with E-state index in [0.717, 1.165) is 12.0 Å². The Kier molecular flexibility index (Phi) is 6.74. The molecule has 0 fully saturated rings. The van der Waals surface area contributed by atoms with Gasteiger partial charge in [0.1, 0.15) is 0 Å². The minimum absolute atomic E-state index is 0.00141. The van der Waals surface area contributed by atoms with Crippen molar-refractivity contribution in [2.45, 2.75) is 39.3 Å². The summed E-state index contributed by atoms with van der Waals surface area (Å²) >= 11 is 0. The number of ether oxygens (including phenoxy) is 2. The number of benzene rings is 1. The number of hydrogen-bond acceptors (Lipinski definition) is 6. The Morgan fingerprint density at radius 2 is 1.65 bits per heavy atom. The number of carbonyl (C=O) groups is 3. The molecule has 142 valence electrons. The van der Waals surface area contributed by atoms with Crippen molar-refractivity contribution in [3.05, 3.63) is 35.4 Å². The van der Waals surface area contributed by atoms with Crippen LogP contribution in [0.15, 0.2) is 24.3 Å². The number of esters is 2. The second kappa shape index (κ2) is 8.80. The second-order valence-corrected chi connectivity index (χ2v) is 6.26. The zero-order chi connectivity index (χ0) is 19.2. The van der Waals surface area contributed by atoms with Gasteiger partial charge in [-0.2, -0.15) is 0 Å². The highest BCUT2D eigenvalue weighted by Crippen LogP contribution is 2.22. The van der Waals surface area contributed by atoms with Crippen molar-refractivity contribution >= 4 is 17.8 Å². The van der Waals surface area contributed by atoms with Crippen LogP contribution in [-0.4, -0.2) is 54.6 Å². The Morgan fingerprint density at radius 3 is 2.19 bits per heavy atom. The predicted octanol–water partition coefficient (Wildman–Crippen LogP) is 1.05. The lowest BCUT2D eigenvalue weighted by Crippen LogP contribution is -2.66. The zero-order valence-electron chi connectivity index (χ0n) is 15.5. The Hall–Kier alpha value is -2.41. The highest BCUT2D eigenvalue weighted by atomic mass is 16.6. The van der Waals surface area contributed by atoms with Crippen LogP contribution in [0.2, 0.25) is 0 Å². The van der Waals surface area contributed by atoms with Gasteiger partial charge in [-0.05, 0) is 31.4 Å². The van der Waals surface area contributed by atoms with Crippen LogP contribution in [0.25, 0.3) is 0 Å². The smallest absolute Gasteiger partial charge is 0.345 e. The lowest BCUT2D eigenvalue weighted by molar-refractivity contribution is -0.169. The van der Waals surface area contributed by atoms with E-state index in [9.17, 15) is 14.4 Å². The van der Waals surface area contributed by atoms with Crippen LogP contribution in [0.5, 0.6) is 0 Å². The molecule has 0 bridgehead atoms. The van der Waals surface area contributed by atoms with Crippen molar-refractivity contribution in [1.82, 2.24) is 10.2 Å². The quantitative estimate of drug-likeness (QED) is 0.576. The zero-order valence-corrected chi connectivity index (χ0v) is 15.5. The SMILES string of the molecule is CCOC(=O)C(CN1CCc2ccccc2C1)(NC(C)=O)C(=O)OCC. The molecule has 1 amide bonds. The van der Waals surface area contributed by atoms with Crippen LogP contribution in [0.4, 0.5) is 0 Å². The van der Waals surface area contributed by atoms with Gasteiger partial charge in [0.15, 0.2) is 0 Å². The molecule has 0 atom stereocenters. The van der Waals surface area contributed by atoms with E-state index in [1.807, 2.05) is 23.1 Å². The first-order chi connectivity index (χ1) is 12.4. The molecule has 26 heavy (non-hydrogen) atoms. The maximum Gasteiger partial charge on any atom is 0.345 e. The first-order valence-corrected chi connectivity index (χ1v) is 8.85. The molecule has 1 aliphatic heterocycles.